The van der Waals surface area contributed by atoms with Gasteiger partial charge in [-0.15, -0.1) is 0 Å². The average molecular weight is 233 g/mol. The summed E-state index contributed by atoms with van der Waals surface area (Å²) in [6.45, 7) is 11.2. The van der Waals surface area contributed by atoms with Gasteiger partial charge in [0.25, 0.3) is 0 Å². The third-order valence-corrected chi connectivity index (χ3v) is 3.38. The Morgan fingerprint density at radius 3 is 2.35 bits per heavy atom. The quantitative estimate of drug-likeness (QED) is 0.741. The number of pyridine rings is 1. The van der Waals surface area contributed by atoms with Crippen molar-refractivity contribution in [2.24, 2.45) is 0 Å². The zero-order chi connectivity index (χ0) is 12.5. The van der Waals surface area contributed by atoms with Gasteiger partial charge < -0.3 is 9.80 Å². The maximum Gasteiger partial charge on any atom is 0.0477 e. The number of anilines is 1. The molecule has 2 rings (SSSR count). The summed E-state index contributed by atoms with van der Waals surface area (Å²) in [5.41, 5.74) is 2.62. The van der Waals surface area contributed by atoms with E-state index in [9.17, 15) is 0 Å². The lowest BCUT2D eigenvalue weighted by molar-refractivity contribution is 0.313. The van der Waals surface area contributed by atoms with Crippen LogP contribution in [0, 0.1) is 0 Å². The summed E-state index contributed by atoms with van der Waals surface area (Å²) in [6, 6.07) is 4.37. The first kappa shape index (κ1) is 12.4. The number of hydrogen-bond donors (Lipinski definition) is 0. The molecule has 0 bridgehead atoms. The van der Waals surface area contributed by atoms with Crippen LogP contribution in [-0.2, 0) is 5.41 Å². The fraction of sp³-hybridized carbons (Fsp3) is 0.643. The van der Waals surface area contributed by atoms with Gasteiger partial charge in [0.05, 0.1) is 0 Å². The fourth-order valence-corrected chi connectivity index (χ4v) is 2.09. The molecule has 3 nitrogen and oxygen atoms in total. The van der Waals surface area contributed by atoms with Crippen molar-refractivity contribution in [1.29, 1.82) is 0 Å². The van der Waals surface area contributed by atoms with Crippen molar-refractivity contribution in [2.45, 2.75) is 26.2 Å². The number of piperazine rings is 1. The molecule has 1 fully saturated rings. The molecule has 17 heavy (non-hydrogen) atoms. The Kier molecular flexibility index (Phi) is 3.38. The highest BCUT2D eigenvalue weighted by molar-refractivity contribution is 5.48. The van der Waals surface area contributed by atoms with Crippen LogP contribution < -0.4 is 4.90 Å². The van der Waals surface area contributed by atoms with E-state index < -0.39 is 0 Å². The zero-order valence-electron chi connectivity index (χ0n) is 11.4. The molecule has 0 unspecified atom stereocenters. The third kappa shape index (κ3) is 2.97. The van der Waals surface area contributed by atoms with E-state index in [-0.39, 0.29) is 5.41 Å². The molecule has 2 heterocycles. The Bertz CT molecular complexity index is 373. The molecule has 0 spiro atoms. The molecule has 0 amide bonds. The second-order valence-corrected chi connectivity index (χ2v) is 5.94. The highest BCUT2D eigenvalue weighted by atomic mass is 15.2. The number of nitrogens with zero attached hydrogens (tertiary/aromatic N) is 3. The highest BCUT2D eigenvalue weighted by Crippen LogP contribution is 2.24. The monoisotopic (exact) mass is 233 g/mol. The van der Waals surface area contributed by atoms with E-state index >= 15 is 0 Å². The smallest absolute Gasteiger partial charge is 0.0477 e. The molecular formula is C14H23N3. The summed E-state index contributed by atoms with van der Waals surface area (Å²) in [6.07, 6.45) is 1.94. The maximum atomic E-state index is 4.48. The van der Waals surface area contributed by atoms with Crippen molar-refractivity contribution in [2.75, 3.05) is 38.1 Å². The van der Waals surface area contributed by atoms with Crippen LogP contribution in [0.2, 0.25) is 0 Å². The van der Waals surface area contributed by atoms with Crippen molar-refractivity contribution in [3.05, 3.63) is 24.0 Å². The van der Waals surface area contributed by atoms with Gasteiger partial charge in [0.1, 0.15) is 0 Å². The Balaban J connectivity index is 2.16. The summed E-state index contributed by atoms with van der Waals surface area (Å²) in [5, 5.41) is 0. The number of aromatic nitrogens is 1. The predicted octanol–water partition coefficient (Wildman–Crippen LogP) is 2.13. The first-order valence-electron chi connectivity index (χ1n) is 6.37. The van der Waals surface area contributed by atoms with E-state index in [1.54, 1.807) is 0 Å². The summed E-state index contributed by atoms with van der Waals surface area (Å²) in [7, 11) is 2.18. The summed E-state index contributed by atoms with van der Waals surface area (Å²) in [5.74, 6) is 0. The van der Waals surface area contributed by atoms with Crippen LogP contribution in [0.15, 0.2) is 18.3 Å². The van der Waals surface area contributed by atoms with Crippen LogP contribution in [0.25, 0.3) is 0 Å². The van der Waals surface area contributed by atoms with Crippen LogP contribution in [-0.4, -0.2) is 43.1 Å². The van der Waals surface area contributed by atoms with Gasteiger partial charge in [-0.25, -0.2) is 0 Å². The predicted molar refractivity (Wildman–Crippen MR) is 72.6 cm³/mol. The van der Waals surface area contributed by atoms with E-state index in [2.05, 4.69) is 54.7 Å². The Hall–Kier alpha value is -1.09. The van der Waals surface area contributed by atoms with Crippen LogP contribution in [0.3, 0.4) is 0 Å². The number of rotatable bonds is 1. The van der Waals surface area contributed by atoms with E-state index in [0.717, 1.165) is 26.2 Å². The highest BCUT2D eigenvalue weighted by Gasteiger charge is 2.18. The molecule has 0 radical (unpaired) electrons. The standard InChI is InChI=1S/C14H23N3/c1-14(2,3)13-11-12(5-6-15-13)17-9-7-16(4)8-10-17/h5-6,11H,7-10H2,1-4H3. The van der Waals surface area contributed by atoms with Crippen LogP contribution in [0.4, 0.5) is 5.69 Å². The van der Waals surface area contributed by atoms with Gasteiger partial charge in [-0.05, 0) is 19.2 Å². The van der Waals surface area contributed by atoms with Gasteiger partial charge in [0.15, 0.2) is 0 Å². The lowest BCUT2D eigenvalue weighted by atomic mass is 9.91. The molecule has 0 aliphatic carbocycles. The van der Waals surface area contributed by atoms with Crippen molar-refractivity contribution in [3.63, 3.8) is 0 Å². The normalized spacial score (nSPS) is 18.5. The largest absolute Gasteiger partial charge is 0.369 e. The minimum absolute atomic E-state index is 0.128. The maximum absolute atomic E-state index is 4.48. The molecule has 1 aromatic heterocycles. The minimum Gasteiger partial charge on any atom is -0.369 e. The molecule has 1 aliphatic heterocycles. The topological polar surface area (TPSA) is 19.4 Å². The van der Waals surface area contributed by atoms with Crippen LogP contribution >= 0.6 is 0 Å². The van der Waals surface area contributed by atoms with Crippen LogP contribution in [0.5, 0.6) is 0 Å². The molecule has 3 heteroatoms. The summed E-state index contributed by atoms with van der Waals surface area (Å²) in [4.78, 5) is 9.32. The fourth-order valence-electron chi connectivity index (χ4n) is 2.09. The van der Waals surface area contributed by atoms with Crippen molar-refractivity contribution >= 4 is 5.69 Å². The third-order valence-electron chi connectivity index (χ3n) is 3.38. The summed E-state index contributed by atoms with van der Waals surface area (Å²) >= 11 is 0. The molecule has 1 saturated heterocycles. The van der Waals surface area contributed by atoms with Gasteiger partial charge in [-0.1, -0.05) is 20.8 Å². The van der Waals surface area contributed by atoms with Crippen LogP contribution in [0.1, 0.15) is 26.5 Å². The summed E-state index contributed by atoms with van der Waals surface area (Å²) < 4.78 is 0. The second kappa shape index (κ2) is 4.65. The molecule has 1 aromatic rings. The minimum atomic E-state index is 0.128. The first-order valence-corrected chi connectivity index (χ1v) is 6.37. The van der Waals surface area contributed by atoms with E-state index in [1.165, 1.54) is 11.4 Å². The molecule has 0 aromatic carbocycles. The SMILES string of the molecule is CN1CCN(c2ccnc(C(C)(C)C)c2)CC1. The molecule has 0 saturated carbocycles. The molecule has 1 aliphatic rings. The zero-order valence-corrected chi connectivity index (χ0v) is 11.4. The lowest BCUT2D eigenvalue weighted by Gasteiger charge is -2.34. The van der Waals surface area contributed by atoms with Crippen molar-refractivity contribution in [3.8, 4) is 0 Å². The first-order chi connectivity index (χ1) is 7.97. The number of likely N-dealkylation sites (N-methyl/N-ethyl adjacent to an activating group) is 1. The molecule has 94 valence electrons. The molecule has 0 atom stereocenters. The Morgan fingerprint density at radius 2 is 1.76 bits per heavy atom. The van der Waals surface area contributed by atoms with Crippen molar-refractivity contribution < 1.29 is 0 Å². The number of hydrogen-bond acceptors (Lipinski definition) is 3. The Morgan fingerprint density at radius 1 is 1.12 bits per heavy atom. The van der Waals surface area contributed by atoms with E-state index in [4.69, 9.17) is 0 Å². The van der Waals surface area contributed by atoms with E-state index in [1.807, 2.05) is 6.20 Å². The second-order valence-electron chi connectivity index (χ2n) is 5.94. The Labute approximate surface area is 104 Å². The van der Waals surface area contributed by atoms with Gasteiger partial charge in [-0.3, -0.25) is 4.98 Å². The van der Waals surface area contributed by atoms with Gasteiger partial charge in [-0.2, -0.15) is 0 Å². The molecule has 0 N–H and O–H groups in total. The van der Waals surface area contributed by atoms with E-state index in [0.29, 0.717) is 0 Å². The average Bonchev–Trinajstić information content (AvgIpc) is 2.29. The van der Waals surface area contributed by atoms with Gasteiger partial charge in [0.2, 0.25) is 0 Å². The van der Waals surface area contributed by atoms with Crippen molar-refractivity contribution in [1.82, 2.24) is 9.88 Å². The molecular weight excluding hydrogens is 210 g/mol. The van der Waals surface area contributed by atoms with Gasteiger partial charge >= 0.3 is 0 Å². The van der Waals surface area contributed by atoms with Gasteiger partial charge in [0, 0.05) is 49.2 Å². The lowest BCUT2D eigenvalue weighted by Crippen LogP contribution is -2.44.